The molecular formula is C10H19N3O. The summed E-state index contributed by atoms with van der Waals surface area (Å²) in [5, 5.41) is 11.3. The Kier molecular flexibility index (Phi) is 6.77. The smallest absolute Gasteiger partial charge is 0.237 e. The number of carbonyl (C=O) groups excluding carboxylic acids is 1. The zero-order chi connectivity index (χ0) is 11.0. The standard InChI is InChI=1S/C10H19N3O/c1-3-5-9(12)10(14)13-8(4-2)6-7-11/h8-9H,3-6,12H2,1-2H3,(H,13,14)/t8?,9-/m0/s1. The molecule has 0 heterocycles. The van der Waals surface area contributed by atoms with E-state index in [9.17, 15) is 4.79 Å². The third-order valence-corrected chi connectivity index (χ3v) is 2.11. The number of nitrogens with zero attached hydrogens (tertiary/aromatic N) is 1. The van der Waals surface area contributed by atoms with Crippen molar-refractivity contribution in [2.45, 2.75) is 51.6 Å². The minimum Gasteiger partial charge on any atom is -0.351 e. The zero-order valence-electron chi connectivity index (χ0n) is 8.92. The fourth-order valence-corrected chi connectivity index (χ4v) is 1.16. The molecule has 4 nitrogen and oxygen atoms in total. The molecule has 1 amide bonds. The fraction of sp³-hybridized carbons (Fsp3) is 0.800. The first-order valence-corrected chi connectivity index (χ1v) is 5.08. The van der Waals surface area contributed by atoms with E-state index in [1.807, 2.05) is 19.9 Å². The van der Waals surface area contributed by atoms with Gasteiger partial charge in [0.25, 0.3) is 0 Å². The van der Waals surface area contributed by atoms with Gasteiger partial charge in [-0.05, 0) is 12.8 Å². The van der Waals surface area contributed by atoms with Crippen molar-refractivity contribution in [1.82, 2.24) is 5.32 Å². The highest BCUT2D eigenvalue weighted by atomic mass is 16.2. The van der Waals surface area contributed by atoms with Crippen molar-refractivity contribution >= 4 is 5.91 Å². The van der Waals surface area contributed by atoms with E-state index < -0.39 is 6.04 Å². The number of nitrogens with two attached hydrogens (primary N) is 1. The second kappa shape index (κ2) is 7.34. The third-order valence-electron chi connectivity index (χ3n) is 2.11. The molecule has 0 saturated carbocycles. The van der Waals surface area contributed by atoms with Gasteiger partial charge in [0.1, 0.15) is 0 Å². The number of nitriles is 1. The highest BCUT2D eigenvalue weighted by Crippen LogP contribution is 1.99. The summed E-state index contributed by atoms with van der Waals surface area (Å²) in [6.07, 6.45) is 2.69. The third kappa shape index (κ3) is 4.83. The maximum atomic E-state index is 11.4. The summed E-state index contributed by atoms with van der Waals surface area (Å²) in [7, 11) is 0. The molecule has 4 heteroatoms. The van der Waals surface area contributed by atoms with Crippen LogP contribution in [-0.4, -0.2) is 18.0 Å². The number of rotatable bonds is 6. The molecular weight excluding hydrogens is 178 g/mol. The monoisotopic (exact) mass is 197 g/mol. The Morgan fingerprint density at radius 1 is 1.57 bits per heavy atom. The minimum absolute atomic E-state index is 0.0598. The van der Waals surface area contributed by atoms with Crippen LogP contribution < -0.4 is 11.1 Å². The average molecular weight is 197 g/mol. The molecule has 0 rings (SSSR count). The van der Waals surface area contributed by atoms with Crippen LogP contribution in [0.25, 0.3) is 0 Å². The van der Waals surface area contributed by atoms with Crippen LogP contribution >= 0.6 is 0 Å². The van der Waals surface area contributed by atoms with E-state index in [0.717, 1.165) is 12.8 Å². The first-order valence-electron chi connectivity index (χ1n) is 5.08. The van der Waals surface area contributed by atoms with Crippen molar-refractivity contribution in [3.8, 4) is 6.07 Å². The maximum absolute atomic E-state index is 11.4. The molecule has 0 spiro atoms. The molecule has 0 aromatic rings. The van der Waals surface area contributed by atoms with Crippen molar-refractivity contribution in [3.05, 3.63) is 0 Å². The van der Waals surface area contributed by atoms with Gasteiger partial charge in [0.2, 0.25) is 5.91 Å². The molecule has 0 aliphatic heterocycles. The van der Waals surface area contributed by atoms with Crippen LogP contribution in [0.15, 0.2) is 0 Å². The average Bonchev–Trinajstić information content (AvgIpc) is 2.17. The van der Waals surface area contributed by atoms with Gasteiger partial charge >= 0.3 is 0 Å². The van der Waals surface area contributed by atoms with E-state index in [2.05, 4.69) is 5.32 Å². The molecule has 0 bridgehead atoms. The number of amides is 1. The first kappa shape index (κ1) is 12.9. The van der Waals surface area contributed by atoms with E-state index in [1.165, 1.54) is 0 Å². The van der Waals surface area contributed by atoms with Crippen LogP contribution in [0.1, 0.15) is 39.5 Å². The predicted molar refractivity (Wildman–Crippen MR) is 55.3 cm³/mol. The van der Waals surface area contributed by atoms with E-state index in [-0.39, 0.29) is 11.9 Å². The van der Waals surface area contributed by atoms with Gasteiger partial charge in [0, 0.05) is 6.04 Å². The van der Waals surface area contributed by atoms with Crippen LogP contribution in [0.3, 0.4) is 0 Å². The van der Waals surface area contributed by atoms with Gasteiger partial charge in [0.15, 0.2) is 0 Å². The quantitative estimate of drug-likeness (QED) is 0.664. The summed E-state index contributed by atoms with van der Waals surface area (Å²) in [5.41, 5.74) is 5.63. The Hall–Kier alpha value is -1.08. The zero-order valence-corrected chi connectivity index (χ0v) is 8.92. The first-order chi connectivity index (χ1) is 6.65. The molecule has 1 unspecified atom stereocenters. The molecule has 0 aromatic carbocycles. The molecule has 0 aromatic heterocycles. The van der Waals surface area contributed by atoms with Gasteiger partial charge in [-0.2, -0.15) is 5.26 Å². The highest BCUT2D eigenvalue weighted by molar-refractivity contribution is 5.81. The molecule has 0 aliphatic carbocycles. The Bertz CT molecular complexity index is 210. The van der Waals surface area contributed by atoms with Crippen LogP contribution in [0, 0.1) is 11.3 Å². The SMILES string of the molecule is CCC[C@H](N)C(=O)NC(CC)CC#N. The number of carbonyl (C=O) groups is 1. The largest absolute Gasteiger partial charge is 0.351 e. The molecule has 14 heavy (non-hydrogen) atoms. The molecule has 0 saturated heterocycles. The molecule has 2 atom stereocenters. The Labute approximate surface area is 85.5 Å². The molecule has 0 fully saturated rings. The number of nitrogens with one attached hydrogen (secondary N) is 1. The van der Waals surface area contributed by atoms with Gasteiger partial charge in [-0.15, -0.1) is 0 Å². The Morgan fingerprint density at radius 2 is 2.21 bits per heavy atom. The maximum Gasteiger partial charge on any atom is 0.237 e. The van der Waals surface area contributed by atoms with Crippen molar-refractivity contribution in [2.24, 2.45) is 5.73 Å². The highest BCUT2D eigenvalue weighted by Gasteiger charge is 2.15. The summed E-state index contributed by atoms with van der Waals surface area (Å²) in [5.74, 6) is -0.144. The summed E-state index contributed by atoms with van der Waals surface area (Å²) < 4.78 is 0. The van der Waals surface area contributed by atoms with Crippen molar-refractivity contribution in [1.29, 1.82) is 5.26 Å². The number of hydrogen-bond donors (Lipinski definition) is 2. The van der Waals surface area contributed by atoms with E-state index >= 15 is 0 Å². The Morgan fingerprint density at radius 3 is 2.64 bits per heavy atom. The summed E-state index contributed by atoms with van der Waals surface area (Å²) >= 11 is 0. The molecule has 0 radical (unpaired) electrons. The van der Waals surface area contributed by atoms with Crippen molar-refractivity contribution < 1.29 is 4.79 Å². The normalized spacial score (nSPS) is 14.1. The summed E-state index contributed by atoms with van der Waals surface area (Å²) in [6.45, 7) is 3.92. The van der Waals surface area contributed by atoms with Gasteiger partial charge in [-0.25, -0.2) is 0 Å². The lowest BCUT2D eigenvalue weighted by atomic mass is 10.1. The summed E-state index contributed by atoms with van der Waals surface area (Å²) in [4.78, 5) is 11.4. The van der Waals surface area contributed by atoms with Crippen molar-refractivity contribution in [3.63, 3.8) is 0 Å². The lowest BCUT2D eigenvalue weighted by Crippen LogP contribution is -2.45. The van der Waals surface area contributed by atoms with Gasteiger partial charge < -0.3 is 11.1 Å². The molecule has 3 N–H and O–H groups in total. The lowest BCUT2D eigenvalue weighted by molar-refractivity contribution is -0.123. The van der Waals surface area contributed by atoms with Crippen molar-refractivity contribution in [2.75, 3.05) is 0 Å². The van der Waals surface area contributed by atoms with Crippen LogP contribution in [0.2, 0.25) is 0 Å². The minimum atomic E-state index is -0.437. The van der Waals surface area contributed by atoms with E-state index in [0.29, 0.717) is 12.8 Å². The van der Waals surface area contributed by atoms with Gasteiger partial charge in [0.05, 0.1) is 18.5 Å². The molecule has 80 valence electrons. The predicted octanol–water partition coefficient (Wildman–Crippen LogP) is 0.922. The second-order valence-corrected chi connectivity index (χ2v) is 3.37. The van der Waals surface area contributed by atoms with Crippen LogP contribution in [0.5, 0.6) is 0 Å². The topological polar surface area (TPSA) is 78.9 Å². The van der Waals surface area contributed by atoms with Crippen LogP contribution in [0.4, 0.5) is 0 Å². The van der Waals surface area contributed by atoms with Crippen LogP contribution in [-0.2, 0) is 4.79 Å². The fourth-order valence-electron chi connectivity index (χ4n) is 1.16. The second-order valence-electron chi connectivity index (χ2n) is 3.37. The lowest BCUT2D eigenvalue weighted by Gasteiger charge is -2.16. The number of hydrogen-bond acceptors (Lipinski definition) is 3. The Balaban J connectivity index is 3.96. The molecule has 0 aliphatic rings. The van der Waals surface area contributed by atoms with E-state index in [4.69, 9.17) is 11.0 Å². The van der Waals surface area contributed by atoms with E-state index in [1.54, 1.807) is 0 Å². The van der Waals surface area contributed by atoms with Gasteiger partial charge in [-0.3, -0.25) is 4.79 Å². The summed E-state index contributed by atoms with van der Waals surface area (Å²) in [6, 6.07) is 1.54. The van der Waals surface area contributed by atoms with Gasteiger partial charge in [-0.1, -0.05) is 20.3 Å².